The SMILES string of the molecule is CNC(=O)C1CCN(C(=O)C2CCN(S(=O)(=O)c3ccc4c(c3)CCCC4)CC2)CC1. The molecule has 2 saturated heterocycles. The van der Waals surface area contributed by atoms with Crippen LogP contribution in [0.2, 0.25) is 0 Å². The average molecular weight is 448 g/mol. The molecule has 0 bridgehead atoms. The molecule has 0 atom stereocenters. The molecule has 0 unspecified atom stereocenters. The van der Waals surface area contributed by atoms with Crippen LogP contribution in [-0.4, -0.2) is 62.7 Å². The van der Waals surface area contributed by atoms with Crippen molar-refractivity contribution in [2.45, 2.75) is 56.3 Å². The van der Waals surface area contributed by atoms with E-state index in [1.807, 2.05) is 17.0 Å². The summed E-state index contributed by atoms with van der Waals surface area (Å²) in [6, 6.07) is 5.57. The Morgan fingerprint density at radius 2 is 1.52 bits per heavy atom. The summed E-state index contributed by atoms with van der Waals surface area (Å²) in [5, 5.41) is 2.69. The lowest BCUT2D eigenvalue weighted by Gasteiger charge is -2.36. The van der Waals surface area contributed by atoms with Crippen LogP contribution in [0.25, 0.3) is 0 Å². The van der Waals surface area contributed by atoms with Gasteiger partial charge in [-0.15, -0.1) is 0 Å². The summed E-state index contributed by atoms with van der Waals surface area (Å²) < 4.78 is 27.9. The van der Waals surface area contributed by atoms with Gasteiger partial charge in [0, 0.05) is 45.1 Å². The Labute approximate surface area is 185 Å². The van der Waals surface area contributed by atoms with Crippen molar-refractivity contribution in [1.82, 2.24) is 14.5 Å². The van der Waals surface area contributed by atoms with Crippen molar-refractivity contribution in [3.63, 3.8) is 0 Å². The van der Waals surface area contributed by atoms with Crippen molar-refractivity contribution < 1.29 is 18.0 Å². The first kappa shape index (κ1) is 22.3. The number of nitrogens with one attached hydrogen (secondary N) is 1. The summed E-state index contributed by atoms with van der Waals surface area (Å²) >= 11 is 0. The third-order valence-electron chi connectivity index (χ3n) is 7.18. The maximum atomic E-state index is 13.2. The third kappa shape index (κ3) is 4.65. The van der Waals surface area contributed by atoms with Gasteiger partial charge in [-0.25, -0.2) is 8.42 Å². The van der Waals surface area contributed by atoms with E-state index in [2.05, 4.69) is 5.32 Å². The first-order valence-corrected chi connectivity index (χ1v) is 13.0. The van der Waals surface area contributed by atoms with Crippen molar-refractivity contribution >= 4 is 21.8 Å². The topological polar surface area (TPSA) is 86.8 Å². The molecule has 8 heteroatoms. The molecule has 31 heavy (non-hydrogen) atoms. The van der Waals surface area contributed by atoms with Crippen LogP contribution in [0.15, 0.2) is 23.1 Å². The number of rotatable bonds is 4. The second-order valence-corrected chi connectivity index (χ2v) is 11.0. The van der Waals surface area contributed by atoms with Gasteiger partial charge >= 0.3 is 0 Å². The Bertz CT molecular complexity index is 930. The van der Waals surface area contributed by atoms with Gasteiger partial charge in [-0.05, 0) is 74.6 Å². The normalized spacial score (nSPS) is 21.5. The van der Waals surface area contributed by atoms with Crippen LogP contribution in [0.4, 0.5) is 0 Å². The van der Waals surface area contributed by atoms with Crippen molar-refractivity contribution in [3.05, 3.63) is 29.3 Å². The molecule has 3 aliphatic rings. The van der Waals surface area contributed by atoms with E-state index in [1.165, 1.54) is 12.0 Å². The summed E-state index contributed by atoms with van der Waals surface area (Å²) in [6.45, 7) is 1.96. The van der Waals surface area contributed by atoms with Crippen LogP contribution in [0.3, 0.4) is 0 Å². The van der Waals surface area contributed by atoms with Crippen molar-refractivity contribution in [3.8, 4) is 0 Å². The van der Waals surface area contributed by atoms with E-state index in [9.17, 15) is 18.0 Å². The summed E-state index contributed by atoms with van der Waals surface area (Å²) in [6.07, 6.45) is 6.76. The predicted octanol–water partition coefficient (Wildman–Crippen LogP) is 1.95. The van der Waals surface area contributed by atoms with Crippen LogP contribution in [0.1, 0.15) is 49.7 Å². The van der Waals surface area contributed by atoms with Gasteiger partial charge in [-0.2, -0.15) is 4.31 Å². The first-order valence-electron chi connectivity index (χ1n) is 11.5. The van der Waals surface area contributed by atoms with Crippen LogP contribution in [-0.2, 0) is 32.5 Å². The number of piperidine rings is 2. The second kappa shape index (κ2) is 9.28. The number of likely N-dealkylation sites (tertiary alicyclic amines) is 1. The van der Waals surface area contributed by atoms with E-state index in [1.54, 1.807) is 17.4 Å². The molecule has 2 amide bonds. The summed E-state index contributed by atoms with van der Waals surface area (Å²) in [4.78, 5) is 27.0. The summed E-state index contributed by atoms with van der Waals surface area (Å²) in [5.74, 6) is 0.0122. The number of hydrogen-bond donors (Lipinski definition) is 1. The molecule has 1 aromatic carbocycles. The highest BCUT2D eigenvalue weighted by Crippen LogP contribution is 2.29. The molecular weight excluding hydrogens is 414 g/mol. The lowest BCUT2D eigenvalue weighted by molar-refractivity contribution is -0.140. The highest BCUT2D eigenvalue weighted by Gasteiger charge is 2.35. The average Bonchev–Trinajstić information content (AvgIpc) is 2.83. The third-order valence-corrected chi connectivity index (χ3v) is 9.08. The monoisotopic (exact) mass is 447 g/mol. The molecule has 1 N–H and O–H groups in total. The zero-order valence-electron chi connectivity index (χ0n) is 18.3. The van der Waals surface area contributed by atoms with Crippen LogP contribution in [0, 0.1) is 11.8 Å². The number of fused-ring (bicyclic) bond motifs is 1. The van der Waals surface area contributed by atoms with E-state index in [-0.39, 0.29) is 23.7 Å². The van der Waals surface area contributed by atoms with Crippen molar-refractivity contribution in [2.24, 2.45) is 11.8 Å². The maximum Gasteiger partial charge on any atom is 0.243 e. The fourth-order valence-corrected chi connectivity index (χ4v) is 6.71. The van der Waals surface area contributed by atoms with Crippen molar-refractivity contribution in [1.29, 1.82) is 0 Å². The Morgan fingerprint density at radius 3 is 2.16 bits per heavy atom. The number of amides is 2. The van der Waals surface area contributed by atoms with Gasteiger partial charge in [-0.3, -0.25) is 9.59 Å². The van der Waals surface area contributed by atoms with Gasteiger partial charge in [0.2, 0.25) is 21.8 Å². The van der Waals surface area contributed by atoms with E-state index >= 15 is 0 Å². The number of carbonyl (C=O) groups excluding carboxylic acids is 2. The molecule has 0 aromatic heterocycles. The number of nitrogens with zero attached hydrogens (tertiary/aromatic N) is 2. The second-order valence-electron chi connectivity index (χ2n) is 9.03. The molecule has 2 fully saturated rings. The van der Waals surface area contributed by atoms with Gasteiger partial charge in [-0.1, -0.05) is 6.07 Å². The number of aryl methyl sites for hydroxylation is 2. The van der Waals surface area contributed by atoms with Crippen LogP contribution in [0.5, 0.6) is 0 Å². The van der Waals surface area contributed by atoms with Gasteiger partial charge < -0.3 is 10.2 Å². The Kier molecular flexibility index (Phi) is 6.67. The number of sulfonamides is 1. The molecule has 2 aliphatic heterocycles. The smallest absolute Gasteiger partial charge is 0.243 e. The predicted molar refractivity (Wildman–Crippen MR) is 118 cm³/mol. The van der Waals surface area contributed by atoms with Crippen molar-refractivity contribution in [2.75, 3.05) is 33.2 Å². The highest BCUT2D eigenvalue weighted by molar-refractivity contribution is 7.89. The summed E-state index contributed by atoms with van der Waals surface area (Å²) in [7, 11) is -1.88. The zero-order valence-corrected chi connectivity index (χ0v) is 19.1. The van der Waals surface area contributed by atoms with Crippen LogP contribution >= 0.6 is 0 Å². The van der Waals surface area contributed by atoms with Crippen LogP contribution < -0.4 is 5.32 Å². The van der Waals surface area contributed by atoms with Gasteiger partial charge in [0.15, 0.2) is 0 Å². The molecule has 1 aliphatic carbocycles. The summed E-state index contributed by atoms with van der Waals surface area (Å²) in [5.41, 5.74) is 2.44. The van der Waals surface area contributed by atoms with Gasteiger partial charge in [0.1, 0.15) is 0 Å². The maximum absolute atomic E-state index is 13.2. The molecule has 0 radical (unpaired) electrons. The van der Waals surface area contributed by atoms with E-state index in [0.717, 1.165) is 24.8 Å². The zero-order chi connectivity index (χ0) is 22.0. The minimum absolute atomic E-state index is 0.0161. The largest absolute Gasteiger partial charge is 0.359 e. The molecule has 7 nitrogen and oxygen atoms in total. The minimum Gasteiger partial charge on any atom is -0.359 e. The Balaban J connectivity index is 1.34. The molecule has 4 rings (SSSR count). The highest BCUT2D eigenvalue weighted by atomic mass is 32.2. The molecule has 0 saturated carbocycles. The molecular formula is C23H33N3O4S. The molecule has 1 aromatic rings. The van der Waals surface area contributed by atoms with Gasteiger partial charge in [0.25, 0.3) is 0 Å². The minimum atomic E-state index is -3.53. The number of benzene rings is 1. The van der Waals surface area contributed by atoms with E-state index < -0.39 is 10.0 Å². The Hall–Kier alpha value is -1.93. The Morgan fingerprint density at radius 1 is 0.903 bits per heavy atom. The first-order chi connectivity index (χ1) is 14.9. The van der Waals surface area contributed by atoms with E-state index in [0.29, 0.717) is 56.8 Å². The quantitative estimate of drug-likeness (QED) is 0.764. The standard InChI is InChI=1S/C23H33N3O4S/c1-24-22(27)18-8-12-25(13-9-18)23(28)19-10-14-26(15-11-19)31(29,30)21-7-6-17-4-2-3-5-20(17)16-21/h6-7,16,18-19H,2-5,8-15H2,1H3,(H,24,27). The lowest BCUT2D eigenvalue weighted by Crippen LogP contribution is -2.47. The van der Waals surface area contributed by atoms with Gasteiger partial charge in [0.05, 0.1) is 4.90 Å². The number of hydrogen-bond acceptors (Lipinski definition) is 4. The lowest BCUT2D eigenvalue weighted by atomic mass is 9.92. The van der Waals surface area contributed by atoms with E-state index in [4.69, 9.17) is 0 Å². The molecule has 170 valence electrons. The molecule has 0 spiro atoms. The fraction of sp³-hybridized carbons (Fsp3) is 0.652. The number of carbonyl (C=O) groups is 2. The fourth-order valence-electron chi connectivity index (χ4n) is 5.19. The molecule has 2 heterocycles.